The zero-order chi connectivity index (χ0) is 15.9. The Morgan fingerprint density at radius 1 is 1.29 bits per heavy atom. The summed E-state index contributed by atoms with van der Waals surface area (Å²) in [6, 6.07) is 5.79. The number of carbonyl (C=O) groups excluding carboxylic acids is 1. The molecule has 0 aliphatic rings. The van der Waals surface area contributed by atoms with Crippen molar-refractivity contribution in [2.75, 3.05) is 12.4 Å². The van der Waals surface area contributed by atoms with Crippen LogP contribution in [0.1, 0.15) is 15.9 Å². The van der Waals surface area contributed by atoms with Gasteiger partial charge in [-0.05, 0) is 24.3 Å². The topological polar surface area (TPSA) is 80.9 Å². The number of nitrogens with one attached hydrogen (secondary N) is 1. The van der Waals surface area contributed by atoms with Crippen molar-refractivity contribution in [3.8, 4) is 0 Å². The molecule has 0 saturated heterocycles. The summed E-state index contributed by atoms with van der Waals surface area (Å²) in [7, 11) is 1.82. The van der Waals surface area contributed by atoms with Gasteiger partial charge in [0.1, 0.15) is 12.1 Å². The standard InChI is InChI=1S/C8H6F3NO.C5H7N3/c9-8(10,11)6-3-1-2-5(4-6)7(12)13;1-6-5-2-3-7-4-8-5/h1-4H,(H2,12,13);2-4H,1H3,(H,6,7,8). The maximum Gasteiger partial charge on any atom is 0.416 e. The number of rotatable bonds is 2. The first-order valence-corrected chi connectivity index (χ1v) is 5.75. The Morgan fingerprint density at radius 2 is 2.00 bits per heavy atom. The molecule has 1 heterocycles. The molecule has 1 aromatic carbocycles. The Morgan fingerprint density at radius 3 is 2.43 bits per heavy atom. The minimum atomic E-state index is -4.44. The van der Waals surface area contributed by atoms with Crippen LogP contribution in [0, 0.1) is 0 Å². The highest BCUT2D eigenvalue weighted by Crippen LogP contribution is 2.29. The first-order chi connectivity index (χ1) is 9.84. The average molecular weight is 298 g/mol. The average Bonchev–Trinajstić information content (AvgIpc) is 2.48. The van der Waals surface area contributed by atoms with Crippen molar-refractivity contribution in [3.63, 3.8) is 0 Å². The third-order valence-corrected chi connectivity index (χ3v) is 2.31. The predicted octanol–water partition coefficient (Wildman–Crippen LogP) is 2.32. The van der Waals surface area contributed by atoms with Crippen molar-refractivity contribution < 1.29 is 18.0 Å². The highest BCUT2D eigenvalue weighted by Gasteiger charge is 2.30. The Bertz CT molecular complexity index is 587. The molecule has 21 heavy (non-hydrogen) atoms. The quantitative estimate of drug-likeness (QED) is 0.891. The smallest absolute Gasteiger partial charge is 0.373 e. The van der Waals surface area contributed by atoms with E-state index in [9.17, 15) is 18.0 Å². The summed E-state index contributed by atoms with van der Waals surface area (Å²) in [4.78, 5) is 18.2. The summed E-state index contributed by atoms with van der Waals surface area (Å²) in [5.74, 6) is -0.0221. The Kier molecular flexibility index (Phi) is 5.65. The number of anilines is 1. The van der Waals surface area contributed by atoms with Gasteiger partial charge >= 0.3 is 6.18 Å². The molecule has 112 valence electrons. The number of benzene rings is 1. The van der Waals surface area contributed by atoms with E-state index in [0.29, 0.717) is 0 Å². The summed E-state index contributed by atoms with van der Waals surface area (Å²) in [5.41, 5.74) is 3.80. The number of aromatic nitrogens is 2. The molecule has 0 fully saturated rings. The minimum absolute atomic E-state index is 0.144. The maximum absolute atomic E-state index is 12.1. The molecule has 2 rings (SSSR count). The fourth-order valence-electron chi connectivity index (χ4n) is 1.29. The van der Waals surface area contributed by atoms with Crippen LogP contribution in [0.2, 0.25) is 0 Å². The molecule has 8 heteroatoms. The lowest BCUT2D eigenvalue weighted by Crippen LogP contribution is -2.13. The number of hydrogen-bond acceptors (Lipinski definition) is 4. The molecule has 1 aromatic heterocycles. The van der Waals surface area contributed by atoms with Crippen LogP contribution in [0.25, 0.3) is 0 Å². The summed E-state index contributed by atoms with van der Waals surface area (Å²) in [6.45, 7) is 0. The monoisotopic (exact) mass is 298 g/mol. The van der Waals surface area contributed by atoms with Gasteiger partial charge in [-0.2, -0.15) is 13.2 Å². The highest BCUT2D eigenvalue weighted by molar-refractivity contribution is 5.92. The number of primary amides is 1. The summed E-state index contributed by atoms with van der Waals surface area (Å²) in [6.07, 6.45) is -1.24. The van der Waals surface area contributed by atoms with E-state index in [4.69, 9.17) is 5.73 Å². The lowest BCUT2D eigenvalue weighted by molar-refractivity contribution is -0.137. The van der Waals surface area contributed by atoms with Crippen LogP contribution >= 0.6 is 0 Å². The second kappa shape index (κ2) is 7.22. The van der Waals surface area contributed by atoms with Crippen LogP contribution in [0.3, 0.4) is 0 Å². The van der Waals surface area contributed by atoms with Crippen molar-refractivity contribution >= 4 is 11.7 Å². The van der Waals surface area contributed by atoms with E-state index < -0.39 is 17.6 Å². The van der Waals surface area contributed by atoms with Crippen molar-refractivity contribution in [1.82, 2.24) is 9.97 Å². The second-order valence-electron chi connectivity index (χ2n) is 3.79. The molecular weight excluding hydrogens is 285 g/mol. The lowest BCUT2D eigenvalue weighted by Gasteiger charge is -2.06. The number of nitrogens with two attached hydrogens (primary N) is 1. The van der Waals surface area contributed by atoms with E-state index in [0.717, 1.165) is 24.0 Å². The molecule has 5 nitrogen and oxygen atoms in total. The van der Waals surface area contributed by atoms with Gasteiger partial charge < -0.3 is 11.1 Å². The largest absolute Gasteiger partial charge is 0.416 e. The van der Waals surface area contributed by atoms with Crippen LogP contribution in [-0.2, 0) is 6.18 Å². The number of alkyl halides is 3. The van der Waals surface area contributed by atoms with Crippen LogP contribution in [0.15, 0.2) is 42.9 Å². The molecule has 1 amide bonds. The van der Waals surface area contributed by atoms with Gasteiger partial charge in [-0.25, -0.2) is 9.97 Å². The van der Waals surface area contributed by atoms with Crippen LogP contribution in [0.4, 0.5) is 19.0 Å². The zero-order valence-electron chi connectivity index (χ0n) is 11.1. The molecule has 0 saturated carbocycles. The van der Waals surface area contributed by atoms with Crippen molar-refractivity contribution in [3.05, 3.63) is 54.0 Å². The van der Waals surface area contributed by atoms with Gasteiger partial charge in [0.05, 0.1) is 5.56 Å². The number of amides is 1. The van der Waals surface area contributed by atoms with Crippen LogP contribution in [0.5, 0.6) is 0 Å². The van der Waals surface area contributed by atoms with E-state index in [1.54, 1.807) is 12.3 Å². The fraction of sp³-hybridized carbons (Fsp3) is 0.154. The van der Waals surface area contributed by atoms with Gasteiger partial charge in [-0.1, -0.05) is 6.07 Å². The Balaban J connectivity index is 0.000000235. The van der Waals surface area contributed by atoms with E-state index in [-0.39, 0.29) is 5.56 Å². The normalized spacial score (nSPS) is 10.3. The fourth-order valence-corrected chi connectivity index (χ4v) is 1.29. The zero-order valence-corrected chi connectivity index (χ0v) is 11.1. The van der Waals surface area contributed by atoms with E-state index in [2.05, 4.69) is 15.3 Å². The number of hydrogen-bond donors (Lipinski definition) is 2. The van der Waals surface area contributed by atoms with E-state index in [1.165, 1.54) is 12.4 Å². The van der Waals surface area contributed by atoms with Gasteiger partial charge in [0.15, 0.2) is 0 Å². The molecule has 0 atom stereocenters. The predicted molar refractivity (Wildman–Crippen MR) is 71.5 cm³/mol. The number of halogens is 3. The van der Waals surface area contributed by atoms with Crippen LogP contribution < -0.4 is 11.1 Å². The van der Waals surface area contributed by atoms with Crippen molar-refractivity contribution in [2.45, 2.75) is 6.18 Å². The first kappa shape index (κ1) is 16.4. The second-order valence-corrected chi connectivity index (χ2v) is 3.79. The van der Waals surface area contributed by atoms with Gasteiger partial charge in [0, 0.05) is 18.8 Å². The van der Waals surface area contributed by atoms with Gasteiger partial charge in [-0.15, -0.1) is 0 Å². The molecule has 3 N–H and O–H groups in total. The summed E-state index contributed by atoms with van der Waals surface area (Å²) in [5, 5.41) is 2.88. The minimum Gasteiger partial charge on any atom is -0.373 e. The molecule has 0 aliphatic heterocycles. The number of nitrogens with zero attached hydrogens (tertiary/aromatic N) is 2. The molecule has 0 spiro atoms. The lowest BCUT2D eigenvalue weighted by atomic mass is 10.1. The Hall–Kier alpha value is -2.64. The van der Waals surface area contributed by atoms with Gasteiger partial charge in [0.2, 0.25) is 5.91 Å². The third-order valence-electron chi connectivity index (χ3n) is 2.31. The molecule has 0 bridgehead atoms. The molecular formula is C13H13F3N4O. The molecule has 2 aromatic rings. The van der Waals surface area contributed by atoms with Crippen LogP contribution in [-0.4, -0.2) is 22.9 Å². The molecule has 0 unspecified atom stereocenters. The van der Waals surface area contributed by atoms with E-state index in [1.807, 2.05) is 7.05 Å². The SMILES string of the molecule is CNc1ccncn1.NC(=O)c1cccc(C(F)(F)F)c1. The third kappa shape index (κ3) is 5.47. The summed E-state index contributed by atoms with van der Waals surface area (Å²) >= 11 is 0. The molecule has 0 radical (unpaired) electrons. The van der Waals surface area contributed by atoms with Crippen molar-refractivity contribution in [2.24, 2.45) is 5.73 Å². The van der Waals surface area contributed by atoms with E-state index >= 15 is 0 Å². The van der Waals surface area contributed by atoms with Gasteiger partial charge in [-0.3, -0.25) is 4.79 Å². The maximum atomic E-state index is 12.1. The van der Waals surface area contributed by atoms with Gasteiger partial charge in [0.25, 0.3) is 0 Å². The number of carbonyl (C=O) groups is 1. The first-order valence-electron chi connectivity index (χ1n) is 5.75. The van der Waals surface area contributed by atoms with Crippen molar-refractivity contribution in [1.29, 1.82) is 0 Å². The highest BCUT2D eigenvalue weighted by atomic mass is 19.4. The summed E-state index contributed by atoms with van der Waals surface area (Å²) < 4.78 is 36.2. The Labute approximate surface area is 119 Å². The molecule has 0 aliphatic carbocycles.